The first kappa shape index (κ1) is 12.4. The fraction of sp³-hybridized carbons (Fsp3) is 0.833. The topological polar surface area (TPSA) is 60.9 Å². The van der Waals surface area contributed by atoms with Crippen LogP contribution < -0.4 is 0 Å². The van der Waals surface area contributed by atoms with E-state index < -0.39 is 5.60 Å². The van der Waals surface area contributed by atoms with Crippen molar-refractivity contribution < 1.29 is 14.7 Å². The molecule has 2 rings (SSSR count). The van der Waals surface area contributed by atoms with Crippen molar-refractivity contribution in [2.75, 3.05) is 26.2 Å². The summed E-state index contributed by atoms with van der Waals surface area (Å²) in [6.07, 6.45) is 0.947. The summed E-state index contributed by atoms with van der Waals surface area (Å²) in [7, 11) is 0. The summed E-state index contributed by atoms with van der Waals surface area (Å²) in [5, 5.41) is 9.84. The van der Waals surface area contributed by atoms with Gasteiger partial charge in [-0.05, 0) is 20.3 Å². The summed E-state index contributed by atoms with van der Waals surface area (Å²) in [5.74, 6) is -0.125. The second kappa shape index (κ2) is 4.29. The number of carbonyl (C=O) groups is 2. The lowest BCUT2D eigenvalue weighted by Gasteiger charge is -2.22. The van der Waals surface area contributed by atoms with E-state index in [1.54, 1.807) is 16.7 Å². The molecule has 0 radical (unpaired) electrons. The van der Waals surface area contributed by atoms with Crippen molar-refractivity contribution in [2.24, 2.45) is 5.92 Å². The Hall–Kier alpha value is -1.10. The molecule has 2 saturated heterocycles. The maximum atomic E-state index is 12.2. The van der Waals surface area contributed by atoms with Gasteiger partial charge in [0.15, 0.2) is 0 Å². The van der Waals surface area contributed by atoms with Gasteiger partial charge in [-0.1, -0.05) is 0 Å². The van der Waals surface area contributed by atoms with Gasteiger partial charge in [-0.2, -0.15) is 0 Å². The average molecular weight is 240 g/mol. The number of hydrogen-bond acceptors (Lipinski definition) is 3. The standard InChI is InChI=1S/C12H20N2O3/c1-3-13-7-9(6-10(13)15)11(16)14-5-4-12(2,17)8-14/h9,17H,3-8H2,1-2H3. The molecule has 0 aliphatic carbocycles. The molecule has 2 amide bonds. The van der Waals surface area contributed by atoms with Crippen molar-refractivity contribution in [3.63, 3.8) is 0 Å². The van der Waals surface area contributed by atoms with Gasteiger partial charge in [0.25, 0.3) is 0 Å². The van der Waals surface area contributed by atoms with Gasteiger partial charge in [-0.3, -0.25) is 9.59 Å². The van der Waals surface area contributed by atoms with E-state index in [2.05, 4.69) is 0 Å². The summed E-state index contributed by atoms with van der Waals surface area (Å²) in [6, 6.07) is 0. The Kier molecular flexibility index (Phi) is 3.12. The summed E-state index contributed by atoms with van der Waals surface area (Å²) >= 11 is 0. The Balaban J connectivity index is 1.96. The SMILES string of the molecule is CCN1CC(C(=O)N2CCC(C)(O)C2)CC1=O. The van der Waals surface area contributed by atoms with Gasteiger partial charge < -0.3 is 14.9 Å². The number of hydrogen-bond donors (Lipinski definition) is 1. The predicted molar refractivity (Wildman–Crippen MR) is 62.2 cm³/mol. The molecule has 96 valence electrons. The quantitative estimate of drug-likeness (QED) is 0.729. The van der Waals surface area contributed by atoms with E-state index in [0.717, 1.165) is 0 Å². The molecule has 2 fully saturated rings. The molecule has 0 spiro atoms. The molecule has 5 nitrogen and oxygen atoms in total. The highest BCUT2D eigenvalue weighted by molar-refractivity contribution is 5.89. The lowest BCUT2D eigenvalue weighted by Crippen LogP contribution is -2.38. The smallest absolute Gasteiger partial charge is 0.228 e. The number of aliphatic hydroxyl groups is 1. The number of nitrogens with zero attached hydrogens (tertiary/aromatic N) is 2. The Morgan fingerprint density at radius 1 is 1.59 bits per heavy atom. The lowest BCUT2D eigenvalue weighted by molar-refractivity contribution is -0.135. The number of rotatable bonds is 2. The highest BCUT2D eigenvalue weighted by atomic mass is 16.3. The van der Waals surface area contributed by atoms with Crippen molar-refractivity contribution in [3.05, 3.63) is 0 Å². The minimum atomic E-state index is -0.761. The summed E-state index contributed by atoms with van der Waals surface area (Å²) in [5.41, 5.74) is -0.761. The zero-order valence-electron chi connectivity index (χ0n) is 10.5. The molecule has 0 aromatic rings. The van der Waals surface area contributed by atoms with E-state index in [1.165, 1.54) is 0 Å². The first-order valence-corrected chi connectivity index (χ1v) is 6.22. The molecule has 1 N–H and O–H groups in total. The predicted octanol–water partition coefficient (Wildman–Crippen LogP) is -0.162. The number of likely N-dealkylation sites (tertiary alicyclic amines) is 2. The zero-order chi connectivity index (χ0) is 12.6. The Morgan fingerprint density at radius 2 is 2.29 bits per heavy atom. The number of amides is 2. The van der Waals surface area contributed by atoms with Crippen molar-refractivity contribution >= 4 is 11.8 Å². The van der Waals surface area contributed by atoms with E-state index in [0.29, 0.717) is 39.0 Å². The van der Waals surface area contributed by atoms with Crippen molar-refractivity contribution in [1.29, 1.82) is 0 Å². The summed E-state index contributed by atoms with van der Waals surface area (Å²) < 4.78 is 0. The van der Waals surface area contributed by atoms with E-state index in [-0.39, 0.29) is 17.7 Å². The molecule has 2 unspecified atom stereocenters. The minimum absolute atomic E-state index is 0.0204. The van der Waals surface area contributed by atoms with E-state index >= 15 is 0 Å². The van der Waals surface area contributed by atoms with Gasteiger partial charge in [0.2, 0.25) is 11.8 Å². The Labute approximate surface area is 101 Å². The minimum Gasteiger partial charge on any atom is -0.388 e. The van der Waals surface area contributed by atoms with Crippen LogP contribution in [0.25, 0.3) is 0 Å². The van der Waals surface area contributed by atoms with Crippen LogP contribution in [0, 0.1) is 5.92 Å². The van der Waals surface area contributed by atoms with Crippen LogP contribution in [0.15, 0.2) is 0 Å². The van der Waals surface area contributed by atoms with Gasteiger partial charge in [0.1, 0.15) is 0 Å². The molecule has 2 aliphatic heterocycles. The Morgan fingerprint density at radius 3 is 2.76 bits per heavy atom. The van der Waals surface area contributed by atoms with Gasteiger partial charge in [-0.15, -0.1) is 0 Å². The van der Waals surface area contributed by atoms with E-state index in [1.807, 2.05) is 6.92 Å². The van der Waals surface area contributed by atoms with E-state index in [4.69, 9.17) is 0 Å². The van der Waals surface area contributed by atoms with Crippen LogP contribution in [0.1, 0.15) is 26.7 Å². The van der Waals surface area contributed by atoms with Crippen LogP contribution in [0.2, 0.25) is 0 Å². The Bertz CT molecular complexity index is 341. The van der Waals surface area contributed by atoms with Gasteiger partial charge in [0, 0.05) is 32.6 Å². The number of carbonyl (C=O) groups excluding carboxylic acids is 2. The van der Waals surface area contributed by atoms with Gasteiger partial charge in [-0.25, -0.2) is 0 Å². The normalized spacial score (nSPS) is 33.6. The zero-order valence-corrected chi connectivity index (χ0v) is 10.5. The molecular weight excluding hydrogens is 220 g/mol. The third kappa shape index (κ3) is 2.44. The van der Waals surface area contributed by atoms with Crippen LogP contribution in [-0.2, 0) is 9.59 Å². The van der Waals surface area contributed by atoms with Gasteiger partial charge >= 0.3 is 0 Å². The maximum Gasteiger partial charge on any atom is 0.228 e. The van der Waals surface area contributed by atoms with Crippen LogP contribution in [-0.4, -0.2) is 58.5 Å². The largest absolute Gasteiger partial charge is 0.388 e. The summed E-state index contributed by atoms with van der Waals surface area (Å²) in [6.45, 7) is 5.86. The molecule has 0 saturated carbocycles. The molecule has 2 heterocycles. The number of β-amino-alcohol motifs (C(OH)–C–C–N with tert-alkyl or cyclic N) is 1. The summed E-state index contributed by atoms with van der Waals surface area (Å²) in [4.78, 5) is 27.2. The molecule has 0 aromatic heterocycles. The molecule has 5 heteroatoms. The molecule has 2 aliphatic rings. The fourth-order valence-corrected chi connectivity index (χ4v) is 2.63. The molecule has 0 bridgehead atoms. The monoisotopic (exact) mass is 240 g/mol. The van der Waals surface area contributed by atoms with Crippen molar-refractivity contribution in [2.45, 2.75) is 32.3 Å². The second-order valence-electron chi connectivity index (χ2n) is 5.34. The highest BCUT2D eigenvalue weighted by Gasteiger charge is 2.40. The first-order valence-electron chi connectivity index (χ1n) is 6.22. The van der Waals surface area contributed by atoms with Crippen LogP contribution in [0.3, 0.4) is 0 Å². The third-order valence-electron chi connectivity index (χ3n) is 3.71. The van der Waals surface area contributed by atoms with Crippen molar-refractivity contribution in [3.8, 4) is 0 Å². The molecular formula is C12H20N2O3. The maximum absolute atomic E-state index is 12.2. The van der Waals surface area contributed by atoms with E-state index in [9.17, 15) is 14.7 Å². The average Bonchev–Trinajstić information content (AvgIpc) is 2.80. The third-order valence-corrected chi connectivity index (χ3v) is 3.71. The second-order valence-corrected chi connectivity index (χ2v) is 5.34. The van der Waals surface area contributed by atoms with Gasteiger partial charge in [0.05, 0.1) is 11.5 Å². The molecule has 0 aromatic carbocycles. The van der Waals surface area contributed by atoms with Crippen LogP contribution >= 0.6 is 0 Å². The lowest BCUT2D eigenvalue weighted by atomic mass is 10.1. The van der Waals surface area contributed by atoms with Crippen molar-refractivity contribution in [1.82, 2.24) is 9.80 Å². The fourth-order valence-electron chi connectivity index (χ4n) is 2.63. The molecule has 17 heavy (non-hydrogen) atoms. The van der Waals surface area contributed by atoms with Crippen LogP contribution in [0.5, 0.6) is 0 Å². The van der Waals surface area contributed by atoms with Crippen LogP contribution in [0.4, 0.5) is 0 Å². The highest BCUT2D eigenvalue weighted by Crippen LogP contribution is 2.25. The first-order chi connectivity index (χ1) is 7.93. The molecule has 2 atom stereocenters.